The number of nitrogens with zero attached hydrogens (tertiary/aromatic N) is 1. The molecular formula is C17H11BrF3N3. The van der Waals surface area contributed by atoms with Gasteiger partial charge < -0.3 is 0 Å². The SMILES string of the molecule is N=Cn1c(=N)cc(-c2ccc(C(F)(F)F)cc2)c2ccc(Br)cc21. The number of rotatable bonds is 2. The van der Waals surface area contributed by atoms with Crippen molar-refractivity contribution in [1.29, 1.82) is 10.8 Å². The Bertz CT molecular complexity index is 989. The zero-order valence-electron chi connectivity index (χ0n) is 12.2. The van der Waals surface area contributed by atoms with Crippen molar-refractivity contribution in [3.8, 4) is 11.1 Å². The maximum atomic E-state index is 12.7. The smallest absolute Gasteiger partial charge is 0.291 e. The molecule has 2 aromatic carbocycles. The van der Waals surface area contributed by atoms with Gasteiger partial charge in [-0.3, -0.25) is 15.4 Å². The molecule has 0 amide bonds. The Morgan fingerprint density at radius 3 is 2.25 bits per heavy atom. The van der Waals surface area contributed by atoms with Crippen LogP contribution in [0.15, 0.2) is 53.0 Å². The molecule has 7 heteroatoms. The third kappa shape index (κ3) is 2.87. The van der Waals surface area contributed by atoms with Crippen molar-refractivity contribution in [1.82, 2.24) is 4.57 Å². The van der Waals surface area contributed by atoms with Gasteiger partial charge in [-0.2, -0.15) is 13.2 Å². The molecule has 0 radical (unpaired) electrons. The molecule has 3 rings (SSSR count). The van der Waals surface area contributed by atoms with Crippen molar-refractivity contribution in [2.24, 2.45) is 0 Å². The van der Waals surface area contributed by atoms with E-state index in [0.29, 0.717) is 16.6 Å². The van der Waals surface area contributed by atoms with E-state index in [9.17, 15) is 13.2 Å². The molecule has 1 heterocycles. The highest BCUT2D eigenvalue weighted by molar-refractivity contribution is 9.10. The van der Waals surface area contributed by atoms with Crippen LogP contribution in [0.5, 0.6) is 0 Å². The van der Waals surface area contributed by atoms with E-state index in [4.69, 9.17) is 10.8 Å². The predicted octanol–water partition coefficient (Wildman–Crippen LogP) is 5.02. The summed E-state index contributed by atoms with van der Waals surface area (Å²) in [5.41, 5.74) is 1.22. The second-order valence-corrected chi connectivity index (χ2v) is 6.09. The van der Waals surface area contributed by atoms with E-state index in [1.165, 1.54) is 16.7 Å². The van der Waals surface area contributed by atoms with E-state index in [0.717, 1.165) is 28.3 Å². The van der Waals surface area contributed by atoms with Crippen molar-refractivity contribution in [2.45, 2.75) is 6.18 Å². The van der Waals surface area contributed by atoms with Gasteiger partial charge in [0.05, 0.1) is 17.4 Å². The molecule has 0 aliphatic rings. The number of benzene rings is 2. The topological polar surface area (TPSA) is 52.6 Å². The lowest BCUT2D eigenvalue weighted by Gasteiger charge is -2.13. The molecule has 0 aliphatic heterocycles. The lowest BCUT2D eigenvalue weighted by Crippen LogP contribution is -2.19. The summed E-state index contributed by atoms with van der Waals surface area (Å²) in [5.74, 6) is 0. The van der Waals surface area contributed by atoms with Crippen LogP contribution in [0.3, 0.4) is 0 Å². The summed E-state index contributed by atoms with van der Waals surface area (Å²) in [4.78, 5) is 0. The van der Waals surface area contributed by atoms with Crippen LogP contribution < -0.4 is 5.49 Å². The Kier molecular flexibility index (Phi) is 4.04. The van der Waals surface area contributed by atoms with Crippen molar-refractivity contribution in [2.75, 3.05) is 0 Å². The van der Waals surface area contributed by atoms with E-state index in [2.05, 4.69) is 15.9 Å². The second-order valence-electron chi connectivity index (χ2n) is 5.18. The molecule has 0 spiro atoms. The third-order valence-electron chi connectivity index (χ3n) is 3.70. The molecule has 0 saturated carbocycles. The first-order chi connectivity index (χ1) is 11.3. The largest absolute Gasteiger partial charge is 0.416 e. The fraction of sp³-hybridized carbons (Fsp3) is 0.0588. The standard InChI is InChI=1S/C17H11BrF3N3/c18-12-5-6-13-14(8-16(23)24(9-22)15(13)7-12)10-1-3-11(4-2-10)17(19,20)21/h1-9,22-23H. The van der Waals surface area contributed by atoms with E-state index >= 15 is 0 Å². The van der Waals surface area contributed by atoms with Crippen molar-refractivity contribution < 1.29 is 13.2 Å². The molecule has 0 saturated heterocycles. The highest BCUT2D eigenvalue weighted by Crippen LogP contribution is 2.33. The lowest BCUT2D eigenvalue weighted by molar-refractivity contribution is -0.137. The number of alkyl halides is 3. The molecule has 0 aliphatic carbocycles. The summed E-state index contributed by atoms with van der Waals surface area (Å²) in [6.07, 6.45) is -3.35. The zero-order chi connectivity index (χ0) is 17.5. The average Bonchev–Trinajstić information content (AvgIpc) is 2.53. The molecule has 3 aromatic rings. The summed E-state index contributed by atoms with van der Waals surface area (Å²) in [6, 6.07) is 11.8. The minimum absolute atomic E-state index is 0.0745. The number of halogens is 4. The Morgan fingerprint density at radius 2 is 1.67 bits per heavy atom. The number of nitrogens with one attached hydrogen (secondary N) is 2. The van der Waals surface area contributed by atoms with Crippen molar-refractivity contribution >= 4 is 33.2 Å². The minimum atomic E-state index is -4.38. The lowest BCUT2D eigenvalue weighted by atomic mass is 9.99. The minimum Gasteiger partial charge on any atom is -0.291 e. The van der Waals surface area contributed by atoms with Crippen molar-refractivity contribution in [3.63, 3.8) is 0 Å². The van der Waals surface area contributed by atoms with Crippen molar-refractivity contribution in [3.05, 3.63) is 64.1 Å². The fourth-order valence-electron chi connectivity index (χ4n) is 2.56. The maximum Gasteiger partial charge on any atom is 0.416 e. The number of aromatic nitrogens is 1. The molecule has 0 atom stereocenters. The van der Waals surface area contributed by atoms with Crippen LogP contribution in [0.25, 0.3) is 22.0 Å². The molecule has 122 valence electrons. The normalized spacial score (nSPS) is 11.7. The highest BCUT2D eigenvalue weighted by atomic mass is 79.9. The number of fused-ring (bicyclic) bond motifs is 1. The van der Waals surface area contributed by atoms with Gasteiger partial charge in [0.25, 0.3) is 0 Å². The molecule has 24 heavy (non-hydrogen) atoms. The Balaban J connectivity index is 2.27. The zero-order valence-corrected chi connectivity index (χ0v) is 13.7. The molecule has 0 bridgehead atoms. The molecule has 2 N–H and O–H groups in total. The first-order valence-corrected chi connectivity index (χ1v) is 7.68. The first-order valence-electron chi connectivity index (χ1n) is 6.89. The van der Waals surface area contributed by atoms with E-state index in [1.807, 2.05) is 12.1 Å². The van der Waals surface area contributed by atoms with Crippen LogP contribution in [0.4, 0.5) is 13.2 Å². The van der Waals surface area contributed by atoms with Crippen LogP contribution in [-0.2, 0) is 6.18 Å². The van der Waals surface area contributed by atoms with Crippen LogP contribution >= 0.6 is 15.9 Å². The van der Waals surface area contributed by atoms with E-state index < -0.39 is 11.7 Å². The average molecular weight is 394 g/mol. The van der Waals surface area contributed by atoms with Gasteiger partial charge in [0.15, 0.2) is 0 Å². The number of hydrogen-bond acceptors (Lipinski definition) is 2. The Hall–Kier alpha value is -2.41. The van der Waals surface area contributed by atoms with E-state index in [-0.39, 0.29) is 5.49 Å². The van der Waals surface area contributed by atoms with Crippen LogP contribution in [0.2, 0.25) is 0 Å². The summed E-state index contributed by atoms with van der Waals surface area (Å²) in [5, 5.41) is 16.3. The maximum absolute atomic E-state index is 12.7. The summed E-state index contributed by atoms with van der Waals surface area (Å²) in [7, 11) is 0. The van der Waals surface area contributed by atoms with Gasteiger partial charge in [-0.15, -0.1) is 0 Å². The van der Waals surface area contributed by atoms with E-state index in [1.54, 1.807) is 12.1 Å². The van der Waals surface area contributed by atoms with Crippen LogP contribution in [-0.4, -0.2) is 10.9 Å². The van der Waals surface area contributed by atoms with Gasteiger partial charge in [0, 0.05) is 9.86 Å². The molecular weight excluding hydrogens is 383 g/mol. The first kappa shape index (κ1) is 16.4. The molecule has 3 nitrogen and oxygen atoms in total. The highest BCUT2D eigenvalue weighted by Gasteiger charge is 2.30. The van der Waals surface area contributed by atoms with Gasteiger partial charge in [0.2, 0.25) is 0 Å². The summed E-state index contributed by atoms with van der Waals surface area (Å²) in [6.45, 7) is 0. The van der Waals surface area contributed by atoms with Gasteiger partial charge >= 0.3 is 6.18 Å². The molecule has 0 unspecified atom stereocenters. The van der Waals surface area contributed by atoms with Crippen LogP contribution in [0, 0.1) is 10.8 Å². The Morgan fingerprint density at radius 1 is 1.00 bits per heavy atom. The fourth-order valence-corrected chi connectivity index (χ4v) is 2.91. The second kappa shape index (κ2) is 5.90. The number of pyridine rings is 1. The Labute approximate surface area is 143 Å². The molecule has 1 aromatic heterocycles. The predicted molar refractivity (Wildman–Crippen MR) is 90.1 cm³/mol. The van der Waals surface area contributed by atoms with Gasteiger partial charge in [0.1, 0.15) is 5.49 Å². The quantitative estimate of drug-likeness (QED) is 0.453. The molecule has 0 fully saturated rings. The van der Waals surface area contributed by atoms with Gasteiger partial charge in [-0.25, -0.2) is 0 Å². The van der Waals surface area contributed by atoms with Gasteiger partial charge in [-0.1, -0.05) is 34.1 Å². The van der Waals surface area contributed by atoms with Gasteiger partial charge in [-0.05, 0) is 41.5 Å². The summed E-state index contributed by atoms with van der Waals surface area (Å²) >= 11 is 3.36. The number of hydrogen-bond donors (Lipinski definition) is 2. The third-order valence-corrected chi connectivity index (χ3v) is 4.20. The monoisotopic (exact) mass is 393 g/mol. The summed E-state index contributed by atoms with van der Waals surface area (Å²) < 4.78 is 40.3. The van der Waals surface area contributed by atoms with Crippen LogP contribution in [0.1, 0.15) is 5.56 Å².